The Kier molecular flexibility index (Phi) is 3.77. The molecule has 0 aromatic heterocycles. The quantitative estimate of drug-likeness (QED) is 0.669. The molecular formula is C8H14F2N. The lowest BCUT2D eigenvalue weighted by Gasteiger charge is -2.22. The van der Waals surface area contributed by atoms with Crippen LogP contribution in [0.5, 0.6) is 0 Å². The first-order valence-electron chi connectivity index (χ1n) is 4.12. The monoisotopic (exact) mass is 162 g/mol. The molecule has 0 spiro atoms. The van der Waals surface area contributed by atoms with E-state index in [1.54, 1.807) is 0 Å². The highest BCUT2D eigenvalue weighted by Gasteiger charge is 2.13. The molecular weight excluding hydrogens is 148 g/mol. The van der Waals surface area contributed by atoms with Gasteiger partial charge in [-0.15, -0.1) is 0 Å². The Morgan fingerprint density at radius 2 is 2.00 bits per heavy atom. The Morgan fingerprint density at radius 3 is 2.55 bits per heavy atom. The van der Waals surface area contributed by atoms with Crippen LogP contribution in [0.25, 0.3) is 0 Å². The second-order valence-corrected chi connectivity index (χ2v) is 2.94. The minimum absolute atomic E-state index is 0.148. The molecule has 0 aromatic carbocycles. The minimum Gasteiger partial charge on any atom is -0.309 e. The maximum atomic E-state index is 11.7. The number of alkyl halides is 2. The first-order valence-corrected chi connectivity index (χ1v) is 4.12. The fourth-order valence-electron chi connectivity index (χ4n) is 1.39. The molecule has 1 rings (SSSR count). The van der Waals surface area contributed by atoms with Crippen molar-refractivity contribution < 1.29 is 8.78 Å². The van der Waals surface area contributed by atoms with E-state index >= 15 is 0 Å². The van der Waals surface area contributed by atoms with Gasteiger partial charge in [-0.2, -0.15) is 0 Å². The van der Waals surface area contributed by atoms with Gasteiger partial charge in [-0.25, -0.2) is 8.78 Å². The highest BCUT2D eigenvalue weighted by Crippen LogP contribution is 2.16. The van der Waals surface area contributed by atoms with Crippen LogP contribution < -0.4 is 5.32 Å². The van der Waals surface area contributed by atoms with Gasteiger partial charge in [0.1, 0.15) is 0 Å². The molecule has 11 heavy (non-hydrogen) atoms. The lowest BCUT2D eigenvalue weighted by molar-refractivity contribution is 0.139. The van der Waals surface area contributed by atoms with Gasteiger partial charge in [-0.05, 0) is 32.1 Å². The van der Waals surface area contributed by atoms with Crippen molar-refractivity contribution in [2.24, 2.45) is 0 Å². The molecule has 0 aromatic rings. The maximum absolute atomic E-state index is 11.7. The molecule has 0 heterocycles. The summed E-state index contributed by atoms with van der Waals surface area (Å²) in [5.41, 5.74) is 0. The van der Waals surface area contributed by atoms with E-state index in [2.05, 4.69) is 11.7 Å². The zero-order valence-corrected chi connectivity index (χ0v) is 6.52. The summed E-state index contributed by atoms with van der Waals surface area (Å²) in [5, 5.41) is 2.85. The average Bonchev–Trinajstić information content (AvgIpc) is 2.03. The van der Waals surface area contributed by atoms with Crippen LogP contribution in [0.2, 0.25) is 0 Å². The fraction of sp³-hybridized carbons (Fsp3) is 0.875. The number of hydrogen-bond donors (Lipinski definition) is 1. The van der Waals surface area contributed by atoms with Gasteiger partial charge in [0.15, 0.2) is 0 Å². The van der Waals surface area contributed by atoms with Crippen molar-refractivity contribution in [3.05, 3.63) is 6.42 Å². The molecule has 1 nitrogen and oxygen atoms in total. The van der Waals surface area contributed by atoms with Gasteiger partial charge in [0.2, 0.25) is 0 Å². The highest BCUT2D eigenvalue weighted by atomic mass is 19.3. The van der Waals surface area contributed by atoms with E-state index in [4.69, 9.17) is 0 Å². The van der Waals surface area contributed by atoms with Crippen LogP contribution >= 0.6 is 0 Å². The van der Waals surface area contributed by atoms with E-state index in [-0.39, 0.29) is 6.54 Å². The van der Waals surface area contributed by atoms with E-state index in [1.165, 1.54) is 0 Å². The van der Waals surface area contributed by atoms with Crippen LogP contribution in [0, 0.1) is 6.42 Å². The van der Waals surface area contributed by atoms with Gasteiger partial charge >= 0.3 is 0 Å². The van der Waals surface area contributed by atoms with Crippen LogP contribution in [0.15, 0.2) is 0 Å². The summed E-state index contributed by atoms with van der Waals surface area (Å²) in [6.45, 7) is -0.148. The molecule has 0 atom stereocenters. The van der Waals surface area contributed by atoms with Crippen molar-refractivity contribution in [3.8, 4) is 0 Å². The zero-order chi connectivity index (χ0) is 8.10. The average molecular weight is 162 g/mol. The van der Waals surface area contributed by atoms with Gasteiger partial charge in [-0.3, -0.25) is 0 Å². The third kappa shape index (κ3) is 3.65. The molecule has 1 radical (unpaired) electrons. The molecule has 1 N–H and O–H groups in total. The third-order valence-electron chi connectivity index (χ3n) is 2.00. The van der Waals surface area contributed by atoms with Crippen molar-refractivity contribution in [2.45, 2.75) is 38.2 Å². The predicted molar refractivity (Wildman–Crippen MR) is 40.6 cm³/mol. The molecule has 1 aliphatic carbocycles. The van der Waals surface area contributed by atoms with Gasteiger partial charge < -0.3 is 5.32 Å². The molecule has 0 saturated heterocycles. The standard InChI is InChI=1S/C8H14F2N/c9-8(10)6-11-7-4-2-1-3-5-7/h1,7-8,11H,2-6H2. The predicted octanol–water partition coefficient (Wildman–Crippen LogP) is 1.99. The molecule has 0 amide bonds. The largest absolute Gasteiger partial charge is 0.309 e. The Hall–Kier alpha value is -0.180. The van der Waals surface area contributed by atoms with Gasteiger partial charge in [0.25, 0.3) is 6.43 Å². The molecule has 0 aliphatic heterocycles. The second kappa shape index (κ2) is 4.65. The van der Waals surface area contributed by atoms with E-state index < -0.39 is 6.43 Å². The zero-order valence-electron chi connectivity index (χ0n) is 6.52. The summed E-state index contributed by atoms with van der Waals surface area (Å²) in [6, 6.07) is 0.328. The normalized spacial score (nSPS) is 21.0. The van der Waals surface area contributed by atoms with Gasteiger partial charge in [0, 0.05) is 6.04 Å². The summed E-state index contributed by atoms with van der Waals surface area (Å²) < 4.78 is 23.4. The van der Waals surface area contributed by atoms with Crippen molar-refractivity contribution in [1.29, 1.82) is 0 Å². The van der Waals surface area contributed by atoms with Crippen LogP contribution in [-0.2, 0) is 0 Å². The van der Waals surface area contributed by atoms with Crippen LogP contribution in [0.3, 0.4) is 0 Å². The number of hydrogen-bond acceptors (Lipinski definition) is 1. The molecule has 65 valence electrons. The summed E-state index contributed by atoms with van der Waals surface area (Å²) in [5.74, 6) is 0. The topological polar surface area (TPSA) is 12.0 Å². The Labute approximate surface area is 66.2 Å². The first kappa shape index (κ1) is 8.91. The van der Waals surface area contributed by atoms with E-state index in [1.807, 2.05) is 0 Å². The van der Waals surface area contributed by atoms with Crippen molar-refractivity contribution in [3.63, 3.8) is 0 Å². The summed E-state index contributed by atoms with van der Waals surface area (Å²) in [7, 11) is 0. The molecule has 1 aliphatic rings. The number of nitrogens with one attached hydrogen (secondary N) is 1. The second-order valence-electron chi connectivity index (χ2n) is 2.94. The Balaban J connectivity index is 2.05. The fourth-order valence-corrected chi connectivity index (χ4v) is 1.39. The molecule has 0 bridgehead atoms. The van der Waals surface area contributed by atoms with Crippen LogP contribution in [-0.4, -0.2) is 19.0 Å². The highest BCUT2D eigenvalue weighted by molar-refractivity contribution is 4.80. The van der Waals surface area contributed by atoms with E-state index in [9.17, 15) is 8.78 Å². The van der Waals surface area contributed by atoms with E-state index in [0.29, 0.717) is 6.04 Å². The maximum Gasteiger partial charge on any atom is 0.250 e. The van der Waals surface area contributed by atoms with Crippen molar-refractivity contribution in [2.75, 3.05) is 6.54 Å². The van der Waals surface area contributed by atoms with Crippen molar-refractivity contribution in [1.82, 2.24) is 5.32 Å². The third-order valence-corrected chi connectivity index (χ3v) is 2.00. The molecule has 1 saturated carbocycles. The minimum atomic E-state index is -2.21. The number of halogens is 2. The van der Waals surface area contributed by atoms with Gasteiger partial charge in [0.05, 0.1) is 6.54 Å². The van der Waals surface area contributed by atoms with E-state index in [0.717, 1.165) is 25.7 Å². The van der Waals surface area contributed by atoms with Gasteiger partial charge in [-0.1, -0.05) is 0 Å². The summed E-state index contributed by atoms with van der Waals surface area (Å²) in [4.78, 5) is 0. The van der Waals surface area contributed by atoms with Crippen molar-refractivity contribution >= 4 is 0 Å². The molecule has 0 unspecified atom stereocenters. The lowest BCUT2D eigenvalue weighted by atomic mass is 9.96. The van der Waals surface area contributed by atoms with Crippen LogP contribution in [0.1, 0.15) is 25.7 Å². The first-order chi connectivity index (χ1) is 5.29. The lowest BCUT2D eigenvalue weighted by Crippen LogP contribution is -2.34. The SMILES string of the molecule is FC(F)CNC1CC[CH]CC1. The molecule has 3 heteroatoms. The molecule has 1 fully saturated rings. The Morgan fingerprint density at radius 1 is 1.36 bits per heavy atom. The summed E-state index contributed by atoms with van der Waals surface area (Å²) in [6.07, 6.45) is 4.20. The number of rotatable bonds is 3. The summed E-state index contributed by atoms with van der Waals surface area (Å²) >= 11 is 0. The van der Waals surface area contributed by atoms with Crippen LogP contribution in [0.4, 0.5) is 8.78 Å². The Bertz CT molecular complexity index is 100. The smallest absolute Gasteiger partial charge is 0.250 e.